The van der Waals surface area contributed by atoms with E-state index < -0.39 is 18.6 Å². The molecule has 2 atom stereocenters. The predicted molar refractivity (Wildman–Crippen MR) is 55.0 cm³/mol. The minimum absolute atomic E-state index is 0.0442. The standard InChI is InChI=1S/C10H16F3N3/c1-8(6-10(11,12)13)15-9(2)7-16-5-3-4-14-16/h3-5,8-9,15H,6-7H2,1-2H3. The maximum Gasteiger partial charge on any atom is 0.390 e. The number of nitrogens with one attached hydrogen (secondary N) is 1. The lowest BCUT2D eigenvalue weighted by molar-refractivity contribution is -0.139. The van der Waals surface area contributed by atoms with Gasteiger partial charge in [-0.1, -0.05) is 0 Å². The van der Waals surface area contributed by atoms with Crippen LogP contribution >= 0.6 is 0 Å². The molecule has 0 amide bonds. The van der Waals surface area contributed by atoms with Crippen LogP contribution in [0.15, 0.2) is 18.5 Å². The smallest absolute Gasteiger partial charge is 0.310 e. The fourth-order valence-corrected chi connectivity index (χ4v) is 1.63. The first-order valence-electron chi connectivity index (χ1n) is 5.17. The molecule has 1 heterocycles. The SMILES string of the molecule is CC(Cn1cccn1)NC(C)CC(F)(F)F. The van der Waals surface area contributed by atoms with E-state index in [0.717, 1.165) is 0 Å². The Hall–Kier alpha value is -1.04. The second-order valence-electron chi connectivity index (χ2n) is 4.02. The van der Waals surface area contributed by atoms with Crippen LogP contribution < -0.4 is 5.32 Å². The lowest BCUT2D eigenvalue weighted by Crippen LogP contribution is -2.39. The van der Waals surface area contributed by atoms with Crippen LogP contribution in [0.4, 0.5) is 13.2 Å². The van der Waals surface area contributed by atoms with Gasteiger partial charge in [0.25, 0.3) is 0 Å². The number of rotatable bonds is 5. The van der Waals surface area contributed by atoms with Crippen LogP contribution in [-0.4, -0.2) is 28.0 Å². The van der Waals surface area contributed by atoms with Crippen molar-refractivity contribution in [3.8, 4) is 0 Å². The highest BCUT2D eigenvalue weighted by molar-refractivity contribution is 4.79. The number of hydrogen-bond donors (Lipinski definition) is 1. The molecule has 1 rings (SSSR count). The lowest BCUT2D eigenvalue weighted by atomic mass is 10.2. The average Bonchev–Trinajstić information content (AvgIpc) is 2.51. The maximum atomic E-state index is 12.1. The fraction of sp³-hybridized carbons (Fsp3) is 0.700. The zero-order valence-electron chi connectivity index (χ0n) is 9.33. The van der Waals surface area contributed by atoms with Crippen molar-refractivity contribution in [1.82, 2.24) is 15.1 Å². The third-order valence-electron chi connectivity index (χ3n) is 2.13. The van der Waals surface area contributed by atoms with Gasteiger partial charge in [-0.3, -0.25) is 4.68 Å². The molecule has 1 aromatic rings. The topological polar surface area (TPSA) is 29.9 Å². The van der Waals surface area contributed by atoms with Gasteiger partial charge in [0, 0.05) is 24.5 Å². The first-order chi connectivity index (χ1) is 7.37. The summed E-state index contributed by atoms with van der Waals surface area (Å²) in [6, 6.07) is 1.16. The van der Waals surface area contributed by atoms with Gasteiger partial charge < -0.3 is 5.32 Å². The Balaban J connectivity index is 2.31. The van der Waals surface area contributed by atoms with E-state index in [1.807, 2.05) is 6.92 Å². The van der Waals surface area contributed by atoms with Gasteiger partial charge in [-0.15, -0.1) is 0 Å². The number of halogens is 3. The molecule has 0 aliphatic rings. The van der Waals surface area contributed by atoms with Gasteiger partial charge in [0.15, 0.2) is 0 Å². The molecule has 0 aliphatic carbocycles. The summed E-state index contributed by atoms with van der Waals surface area (Å²) in [5.41, 5.74) is 0. The molecule has 2 unspecified atom stereocenters. The van der Waals surface area contributed by atoms with Gasteiger partial charge in [-0.2, -0.15) is 18.3 Å². The van der Waals surface area contributed by atoms with Crippen LogP contribution in [0.1, 0.15) is 20.3 Å². The van der Waals surface area contributed by atoms with Crippen molar-refractivity contribution in [1.29, 1.82) is 0 Å². The van der Waals surface area contributed by atoms with Crippen LogP contribution in [-0.2, 0) is 6.54 Å². The van der Waals surface area contributed by atoms with E-state index in [1.54, 1.807) is 23.1 Å². The Labute approximate surface area is 92.6 Å². The van der Waals surface area contributed by atoms with E-state index in [0.29, 0.717) is 6.54 Å². The van der Waals surface area contributed by atoms with Gasteiger partial charge in [0.05, 0.1) is 13.0 Å². The third-order valence-corrected chi connectivity index (χ3v) is 2.13. The minimum Gasteiger partial charge on any atom is -0.310 e. The Kier molecular flexibility index (Phi) is 4.35. The predicted octanol–water partition coefficient (Wildman–Crippen LogP) is 2.20. The molecule has 0 saturated heterocycles. The zero-order chi connectivity index (χ0) is 12.2. The van der Waals surface area contributed by atoms with Crippen molar-refractivity contribution < 1.29 is 13.2 Å². The Morgan fingerprint density at radius 3 is 2.50 bits per heavy atom. The van der Waals surface area contributed by atoms with E-state index in [-0.39, 0.29) is 6.04 Å². The largest absolute Gasteiger partial charge is 0.390 e. The van der Waals surface area contributed by atoms with Crippen molar-refractivity contribution in [2.45, 2.75) is 45.1 Å². The van der Waals surface area contributed by atoms with E-state index in [9.17, 15) is 13.2 Å². The van der Waals surface area contributed by atoms with E-state index in [4.69, 9.17) is 0 Å². The Bertz CT molecular complexity index is 295. The molecule has 0 fully saturated rings. The van der Waals surface area contributed by atoms with Gasteiger partial charge >= 0.3 is 6.18 Å². The normalized spacial score (nSPS) is 16.1. The maximum absolute atomic E-state index is 12.1. The summed E-state index contributed by atoms with van der Waals surface area (Å²) in [4.78, 5) is 0. The number of hydrogen-bond acceptors (Lipinski definition) is 2. The summed E-state index contributed by atoms with van der Waals surface area (Å²) < 4.78 is 37.9. The first kappa shape index (κ1) is 13.0. The van der Waals surface area contributed by atoms with E-state index in [2.05, 4.69) is 10.4 Å². The third kappa shape index (κ3) is 5.16. The number of aromatic nitrogens is 2. The van der Waals surface area contributed by atoms with Gasteiger partial charge in [-0.05, 0) is 19.9 Å². The Morgan fingerprint density at radius 2 is 2.00 bits per heavy atom. The summed E-state index contributed by atoms with van der Waals surface area (Å²) in [5.74, 6) is 0. The zero-order valence-corrected chi connectivity index (χ0v) is 9.33. The fourth-order valence-electron chi connectivity index (χ4n) is 1.63. The lowest BCUT2D eigenvalue weighted by Gasteiger charge is -2.21. The van der Waals surface area contributed by atoms with Crippen molar-refractivity contribution in [2.75, 3.05) is 0 Å². The number of nitrogens with zero attached hydrogens (tertiary/aromatic N) is 2. The second kappa shape index (κ2) is 5.34. The van der Waals surface area contributed by atoms with Crippen LogP contribution in [0, 0.1) is 0 Å². The van der Waals surface area contributed by atoms with E-state index in [1.165, 1.54) is 6.92 Å². The molecule has 0 saturated carbocycles. The molecule has 1 N–H and O–H groups in total. The molecule has 1 aromatic heterocycles. The van der Waals surface area contributed by atoms with Crippen molar-refractivity contribution in [3.05, 3.63) is 18.5 Å². The molecule has 0 spiro atoms. The van der Waals surface area contributed by atoms with Gasteiger partial charge in [0.1, 0.15) is 0 Å². The second-order valence-corrected chi connectivity index (χ2v) is 4.02. The van der Waals surface area contributed by atoms with Gasteiger partial charge in [0.2, 0.25) is 0 Å². The van der Waals surface area contributed by atoms with E-state index >= 15 is 0 Å². The minimum atomic E-state index is -4.11. The summed E-state index contributed by atoms with van der Waals surface area (Å²) in [7, 11) is 0. The van der Waals surface area contributed by atoms with Crippen LogP contribution in [0.2, 0.25) is 0 Å². The molecule has 0 aliphatic heterocycles. The van der Waals surface area contributed by atoms with Crippen LogP contribution in [0.25, 0.3) is 0 Å². The molecule has 0 bridgehead atoms. The van der Waals surface area contributed by atoms with Crippen molar-refractivity contribution in [3.63, 3.8) is 0 Å². The van der Waals surface area contributed by atoms with Crippen molar-refractivity contribution >= 4 is 0 Å². The molecule has 0 radical (unpaired) electrons. The highest BCUT2D eigenvalue weighted by Gasteiger charge is 2.30. The van der Waals surface area contributed by atoms with Gasteiger partial charge in [-0.25, -0.2) is 0 Å². The molecular formula is C10H16F3N3. The van der Waals surface area contributed by atoms with Crippen molar-refractivity contribution in [2.24, 2.45) is 0 Å². The molecule has 16 heavy (non-hydrogen) atoms. The first-order valence-corrected chi connectivity index (χ1v) is 5.17. The van der Waals surface area contributed by atoms with Crippen LogP contribution in [0.5, 0.6) is 0 Å². The monoisotopic (exact) mass is 235 g/mol. The quantitative estimate of drug-likeness (QED) is 0.848. The summed E-state index contributed by atoms with van der Waals surface area (Å²) in [6.45, 7) is 3.94. The molecular weight excluding hydrogens is 219 g/mol. The highest BCUT2D eigenvalue weighted by atomic mass is 19.4. The molecule has 6 heteroatoms. The highest BCUT2D eigenvalue weighted by Crippen LogP contribution is 2.21. The molecule has 3 nitrogen and oxygen atoms in total. The summed E-state index contributed by atoms with van der Waals surface area (Å²) in [5, 5.41) is 6.89. The summed E-state index contributed by atoms with van der Waals surface area (Å²) in [6.07, 6.45) is -1.49. The molecule has 0 aromatic carbocycles. The van der Waals surface area contributed by atoms with Crippen LogP contribution in [0.3, 0.4) is 0 Å². The number of alkyl halides is 3. The molecule has 92 valence electrons. The Morgan fingerprint density at radius 1 is 1.31 bits per heavy atom. The average molecular weight is 235 g/mol. The summed E-state index contributed by atoms with van der Waals surface area (Å²) >= 11 is 0.